The van der Waals surface area contributed by atoms with Gasteiger partial charge in [0.25, 0.3) is 0 Å². The molecule has 18 heavy (non-hydrogen) atoms. The van der Waals surface area contributed by atoms with Crippen LogP contribution in [0.15, 0.2) is 47.4 Å². The Morgan fingerprint density at radius 2 is 1.61 bits per heavy atom. The van der Waals surface area contributed by atoms with E-state index in [2.05, 4.69) is 4.98 Å². The molecule has 0 aliphatic carbocycles. The molecule has 0 spiro atoms. The molecule has 0 aliphatic rings. The standard InChI is InChI=1S/C12H9NO3S.Na/c14-17(15,16)11-7-3-5-9-8-4-1-2-6-10(8)13-12(9)11;/h1-7,13H,(H,14,15,16);/q;+1/p-1. The van der Waals surface area contributed by atoms with Crippen molar-refractivity contribution in [3.63, 3.8) is 0 Å². The Bertz CT molecular complexity index is 824. The van der Waals surface area contributed by atoms with Crippen LogP contribution in [0.25, 0.3) is 21.8 Å². The topological polar surface area (TPSA) is 73.0 Å². The number of rotatable bonds is 1. The van der Waals surface area contributed by atoms with Gasteiger partial charge in [-0.15, -0.1) is 0 Å². The maximum absolute atomic E-state index is 11.1. The molecule has 1 heterocycles. The van der Waals surface area contributed by atoms with Gasteiger partial charge in [0.15, 0.2) is 0 Å². The quantitative estimate of drug-likeness (QED) is 0.466. The summed E-state index contributed by atoms with van der Waals surface area (Å²) in [4.78, 5) is 2.77. The first-order valence-electron chi connectivity index (χ1n) is 5.03. The Labute approximate surface area is 126 Å². The van der Waals surface area contributed by atoms with Gasteiger partial charge in [0.2, 0.25) is 0 Å². The third-order valence-electron chi connectivity index (χ3n) is 2.77. The molecule has 3 aromatic rings. The van der Waals surface area contributed by atoms with Crippen molar-refractivity contribution in [1.82, 2.24) is 4.98 Å². The van der Waals surface area contributed by atoms with Crippen molar-refractivity contribution in [3.8, 4) is 0 Å². The third kappa shape index (κ3) is 2.08. The Hall–Kier alpha value is -0.850. The first-order valence-corrected chi connectivity index (χ1v) is 6.43. The summed E-state index contributed by atoms with van der Waals surface area (Å²) in [6, 6.07) is 12.1. The van der Waals surface area contributed by atoms with Gasteiger partial charge in [0.1, 0.15) is 10.1 Å². The number of H-pyrrole nitrogens is 1. The second kappa shape index (κ2) is 4.68. The van der Waals surface area contributed by atoms with Gasteiger partial charge in [0.05, 0.1) is 10.4 Å². The van der Waals surface area contributed by atoms with Gasteiger partial charge in [0, 0.05) is 16.3 Å². The second-order valence-corrected chi connectivity index (χ2v) is 5.15. The van der Waals surface area contributed by atoms with Gasteiger partial charge < -0.3 is 9.54 Å². The molecule has 3 rings (SSSR count). The Balaban J connectivity index is 0.00000120. The number of para-hydroxylation sites is 2. The Kier molecular flexibility index (Phi) is 3.53. The van der Waals surface area contributed by atoms with Crippen LogP contribution >= 0.6 is 0 Å². The summed E-state index contributed by atoms with van der Waals surface area (Å²) >= 11 is 0. The van der Waals surface area contributed by atoms with Crippen LogP contribution in [0.1, 0.15) is 0 Å². The van der Waals surface area contributed by atoms with Crippen molar-refractivity contribution in [2.75, 3.05) is 0 Å². The molecule has 2 aromatic carbocycles. The third-order valence-corrected chi connectivity index (χ3v) is 3.65. The van der Waals surface area contributed by atoms with E-state index in [-0.39, 0.29) is 34.5 Å². The van der Waals surface area contributed by atoms with Gasteiger partial charge in [-0.1, -0.05) is 30.3 Å². The molecule has 0 saturated carbocycles. The van der Waals surface area contributed by atoms with Crippen molar-refractivity contribution in [3.05, 3.63) is 42.5 Å². The summed E-state index contributed by atoms with van der Waals surface area (Å²) in [7, 11) is -4.46. The normalized spacial score (nSPS) is 11.6. The number of fused-ring (bicyclic) bond motifs is 3. The van der Waals surface area contributed by atoms with E-state index in [1.54, 1.807) is 12.1 Å². The van der Waals surface area contributed by atoms with Crippen molar-refractivity contribution in [1.29, 1.82) is 0 Å². The molecule has 0 amide bonds. The summed E-state index contributed by atoms with van der Waals surface area (Å²) in [5.74, 6) is 0. The summed E-state index contributed by atoms with van der Waals surface area (Å²) in [6.45, 7) is 0. The van der Waals surface area contributed by atoms with Gasteiger partial charge in [-0.3, -0.25) is 0 Å². The SMILES string of the molecule is O=S(=O)([O-])c1cccc2c1[nH]c1ccccc12.[Na+]. The van der Waals surface area contributed by atoms with E-state index in [4.69, 9.17) is 0 Å². The van der Waals surface area contributed by atoms with Gasteiger partial charge in [-0.05, 0) is 12.1 Å². The van der Waals surface area contributed by atoms with Crippen LogP contribution in [0.4, 0.5) is 0 Å². The number of nitrogens with one attached hydrogen (secondary N) is 1. The molecule has 0 bridgehead atoms. The summed E-state index contributed by atoms with van der Waals surface area (Å²) < 4.78 is 33.4. The van der Waals surface area contributed by atoms with Crippen molar-refractivity contribution >= 4 is 31.9 Å². The maximum atomic E-state index is 11.1. The van der Waals surface area contributed by atoms with Gasteiger partial charge in [-0.25, -0.2) is 8.42 Å². The second-order valence-electron chi connectivity index (χ2n) is 3.80. The summed E-state index contributed by atoms with van der Waals surface area (Å²) in [5.41, 5.74) is 1.20. The maximum Gasteiger partial charge on any atom is 1.00 e. The number of aromatic nitrogens is 1. The van der Waals surface area contributed by atoms with Crippen LogP contribution in [0.5, 0.6) is 0 Å². The van der Waals surface area contributed by atoms with Crippen molar-refractivity contribution in [2.24, 2.45) is 0 Å². The largest absolute Gasteiger partial charge is 1.00 e. The number of aromatic amines is 1. The van der Waals surface area contributed by atoms with Crippen LogP contribution in [-0.2, 0) is 10.1 Å². The average molecular weight is 269 g/mol. The Morgan fingerprint density at radius 3 is 2.33 bits per heavy atom. The zero-order valence-corrected chi connectivity index (χ0v) is 12.5. The fraction of sp³-hybridized carbons (Fsp3) is 0. The predicted molar refractivity (Wildman–Crippen MR) is 63.8 cm³/mol. The van der Waals surface area contributed by atoms with E-state index in [1.165, 1.54) is 6.07 Å². The fourth-order valence-electron chi connectivity index (χ4n) is 2.05. The van der Waals surface area contributed by atoms with Gasteiger partial charge in [-0.2, -0.15) is 0 Å². The number of benzene rings is 2. The van der Waals surface area contributed by atoms with Crippen molar-refractivity contribution < 1.29 is 42.5 Å². The zero-order chi connectivity index (χ0) is 12.0. The van der Waals surface area contributed by atoms with Crippen LogP contribution in [0.3, 0.4) is 0 Å². The molecule has 0 unspecified atom stereocenters. The van der Waals surface area contributed by atoms with E-state index in [0.717, 1.165) is 16.3 Å². The summed E-state index contributed by atoms with van der Waals surface area (Å²) in [6.07, 6.45) is 0. The van der Waals surface area contributed by atoms with E-state index in [1.807, 2.05) is 24.3 Å². The van der Waals surface area contributed by atoms with E-state index in [0.29, 0.717) is 5.52 Å². The average Bonchev–Trinajstić information content (AvgIpc) is 2.65. The van der Waals surface area contributed by atoms with E-state index in [9.17, 15) is 13.0 Å². The first kappa shape index (κ1) is 13.6. The molecule has 4 nitrogen and oxygen atoms in total. The van der Waals surface area contributed by atoms with Crippen molar-refractivity contribution in [2.45, 2.75) is 4.90 Å². The molecular weight excluding hydrogens is 261 g/mol. The smallest absolute Gasteiger partial charge is 0.744 e. The van der Waals surface area contributed by atoms with Crippen LogP contribution in [0.2, 0.25) is 0 Å². The van der Waals surface area contributed by atoms with Gasteiger partial charge >= 0.3 is 29.6 Å². The minimum atomic E-state index is -4.46. The van der Waals surface area contributed by atoms with Crippen LogP contribution in [0, 0.1) is 0 Å². The molecule has 0 saturated heterocycles. The first-order chi connectivity index (χ1) is 8.07. The molecule has 1 N–H and O–H groups in total. The number of hydrogen-bond donors (Lipinski definition) is 1. The fourth-order valence-corrected chi connectivity index (χ4v) is 2.71. The monoisotopic (exact) mass is 269 g/mol. The van der Waals surface area contributed by atoms with E-state index >= 15 is 0 Å². The molecule has 1 aromatic heterocycles. The molecule has 86 valence electrons. The minimum absolute atomic E-state index is 0. The molecule has 6 heteroatoms. The molecule has 0 atom stereocenters. The molecule has 0 radical (unpaired) electrons. The molecular formula is C12H8NNaO3S. The predicted octanol–water partition coefficient (Wildman–Crippen LogP) is -0.771. The van der Waals surface area contributed by atoms with Crippen LogP contribution < -0.4 is 29.6 Å². The molecule has 0 aliphatic heterocycles. The number of hydrogen-bond acceptors (Lipinski definition) is 3. The zero-order valence-electron chi connectivity index (χ0n) is 9.67. The van der Waals surface area contributed by atoms with Crippen LogP contribution in [-0.4, -0.2) is 18.0 Å². The summed E-state index contributed by atoms with van der Waals surface area (Å²) in [5, 5.41) is 1.66. The Morgan fingerprint density at radius 1 is 0.944 bits per heavy atom. The molecule has 0 fully saturated rings. The van der Waals surface area contributed by atoms with E-state index < -0.39 is 10.1 Å². The minimum Gasteiger partial charge on any atom is -0.744 e.